The monoisotopic (exact) mass is 240 g/mol. The van der Waals surface area contributed by atoms with Crippen LogP contribution in [0, 0.1) is 5.82 Å². The Kier molecular flexibility index (Phi) is 3.73. The molecule has 0 amide bonds. The summed E-state index contributed by atoms with van der Waals surface area (Å²) >= 11 is 0. The van der Waals surface area contributed by atoms with Crippen LogP contribution in [0.2, 0.25) is 0 Å². The second-order valence-electron chi connectivity index (χ2n) is 4.18. The number of aliphatic hydroxyl groups excluding tert-OH is 1. The van der Waals surface area contributed by atoms with E-state index in [1.54, 1.807) is 4.90 Å². The molecule has 2 N–H and O–H groups in total. The predicted molar refractivity (Wildman–Crippen MR) is 63.6 cm³/mol. The maximum atomic E-state index is 13.6. The van der Waals surface area contributed by atoms with Crippen LogP contribution >= 0.6 is 0 Å². The Morgan fingerprint density at radius 1 is 1.65 bits per heavy atom. The second-order valence-corrected chi connectivity index (χ2v) is 4.18. The topological polar surface area (TPSA) is 61.3 Å². The first-order valence-corrected chi connectivity index (χ1v) is 5.90. The Hall–Kier alpha value is -1.43. The lowest BCUT2D eigenvalue weighted by atomic mass is 10.3. The number of nitrogens with one attached hydrogen (secondary N) is 1. The molecule has 6 heteroatoms. The molecule has 0 aromatic carbocycles. The third-order valence-corrected chi connectivity index (χ3v) is 2.72. The Labute approximate surface area is 99.7 Å². The van der Waals surface area contributed by atoms with Crippen LogP contribution in [-0.4, -0.2) is 40.8 Å². The number of anilines is 2. The van der Waals surface area contributed by atoms with Gasteiger partial charge in [-0.3, -0.25) is 0 Å². The molecule has 5 nitrogen and oxygen atoms in total. The van der Waals surface area contributed by atoms with E-state index in [9.17, 15) is 9.50 Å². The van der Waals surface area contributed by atoms with Crippen molar-refractivity contribution >= 4 is 11.8 Å². The molecular weight excluding hydrogens is 223 g/mol. The largest absolute Gasteiger partial charge is 0.391 e. The highest BCUT2D eigenvalue weighted by atomic mass is 19.1. The van der Waals surface area contributed by atoms with E-state index in [0.29, 0.717) is 25.5 Å². The van der Waals surface area contributed by atoms with Crippen molar-refractivity contribution in [2.75, 3.05) is 29.9 Å². The summed E-state index contributed by atoms with van der Waals surface area (Å²) in [6.07, 6.45) is 2.39. The zero-order chi connectivity index (χ0) is 12.3. The lowest BCUT2D eigenvalue weighted by Crippen LogP contribution is -2.24. The van der Waals surface area contributed by atoms with Gasteiger partial charge >= 0.3 is 0 Å². The number of β-amino-alcohol motifs (C(OH)–C–C–N with tert-alkyl or cyclic N) is 1. The molecule has 17 heavy (non-hydrogen) atoms. The average molecular weight is 240 g/mol. The van der Waals surface area contributed by atoms with Crippen molar-refractivity contribution in [3.8, 4) is 0 Å². The van der Waals surface area contributed by atoms with Crippen LogP contribution in [0.15, 0.2) is 6.20 Å². The Morgan fingerprint density at radius 2 is 2.47 bits per heavy atom. The van der Waals surface area contributed by atoms with Crippen LogP contribution in [0.1, 0.15) is 19.8 Å². The van der Waals surface area contributed by atoms with Crippen LogP contribution in [0.5, 0.6) is 0 Å². The minimum atomic E-state index is -0.443. The molecule has 1 fully saturated rings. The van der Waals surface area contributed by atoms with Gasteiger partial charge in [0.2, 0.25) is 5.95 Å². The first-order valence-electron chi connectivity index (χ1n) is 5.90. The molecular formula is C11H17FN4O. The zero-order valence-electron chi connectivity index (χ0n) is 9.86. The lowest BCUT2D eigenvalue weighted by Gasteiger charge is -2.17. The molecule has 0 radical (unpaired) electrons. The Morgan fingerprint density at radius 3 is 3.12 bits per heavy atom. The van der Waals surface area contributed by atoms with Crippen molar-refractivity contribution in [3.05, 3.63) is 12.0 Å². The van der Waals surface area contributed by atoms with Crippen molar-refractivity contribution in [2.45, 2.75) is 25.9 Å². The highest BCUT2D eigenvalue weighted by molar-refractivity contribution is 5.45. The Bertz CT molecular complexity index is 388. The SMILES string of the molecule is CCCNc1ncc(F)c(N2CCC(O)C2)n1. The summed E-state index contributed by atoms with van der Waals surface area (Å²) in [5, 5.41) is 12.5. The molecule has 1 aromatic heterocycles. The summed E-state index contributed by atoms with van der Waals surface area (Å²) in [7, 11) is 0. The fraction of sp³-hybridized carbons (Fsp3) is 0.636. The van der Waals surface area contributed by atoms with Gasteiger partial charge in [0, 0.05) is 19.6 Å². The smallest absolute Gasteiger partial charge is 0.224 e. The molecule has 1 unspecified atom stereocenters. The fourth-order valence-electron chi connectivity index (χ4n) is 1.84. The van der Waals surface area contributed by atoms with Gasteiger partial charge in [-0.15, -0.1) is 0 Å². The van der Waals surface area contributed by atoms with Crippen LogP contribution in [-0.2, 0) is 0 Å². The minimum absolute atomic E-state index is 0.273. The van der Waals surface area contributed by atoms with Crippen molar-refractivity contribution in [1.29, 1.82) is 0 Å². The summed E-state index contributed by atoms with van der Waals surface area (Å²) in [6, 6.07) is 0. The number of rotatable bonds is 4. The van der Waals surface area contributed by atoms with Crippen LogP contribution in [0.4, 0.5) is 16.2 Å². The average Bonchev–Trinajstić information content (AvgIpc) is 2.75. The molecule has 1 atom stereocenters. The fourth-order valence-corrected chi connectivity index (χ4v) is 1.84. The van der Waals surface area contributed by atoms with Gasteiger partial charge in [-0.25, -0.2) is 9.37 Å². The van der Waals surface area contributed by atoms with Crippen LogP contribution < -0.4 is 10.2 Å². The molecule has 0 spiro atoms. The third-order valence-electron chi connectivity index (χ3n) is 2.72. The first kappa shape index (κ1) is 12.0. The molecule has 2 rings (SSSR count). The van der Waals surface area contributed by atoms with Crippen molar-refractivity contribution < 1.29 is 9.50 Å². The van der Waals surface area contributed by atoms with E-state index in [0.717, 1.165) is 13.0 Å². The van der Waals surface area contributed by atoms with Crippen molar-refractivity contribution in [2.24, 2.45) is 0 Å². The van der Waals surface area contributed by atoms with Crippen LogP contribution in [0.3, 0.4) is 0 Å². The van der Waals surface area contributed by atoms with E-state index in [-0.39, 0.29) is 5.82 Å². The zero-order valence-corrected chi connectivity index (χ0v) is 9.86. The van der Waals surface area contributed by atoms with E-state index < -0.39 is 11.9 Å². The Balaban J connectivity index is 2.14. The summed E-state index contributed by atoms with van der Waals surface area (Å²) in [4.78, 5) is 9.77. The van der Waals surface area contributed by atoms with E-state index in [1.807, 2.05) is 6.92 Å². The molecule has 0 saturated carbocycles. The number of nitrogens with zero attached hydrogens (tertiary/aromatic N) is 3. The molecule has 1 aromatic rings. The molecule has 2 heterocycles. The number of aromatic nitrogens is 2. The van der Waals surface area contributed by atoms with Crippen LogP contribution in [0.25, 0.3) is 0 Å². The highest BCUT2D eigenvalue weighted by Gasteiger charge is 2.24. The number of hydrogen-bond donors (Lipinski definition) is 2. The van der Waals surface area contributed by atoms with E-state index >= 15 is 0 Å². The van der Waals surface area contributed by atoms with Gasteiger partial charge in [0.25, 0.3) is 0 Å². The maximum Gasteiger partial charge on any atom is 0.224 e. The molecule has 1 aliphatic heterocycles. The van der Waals surface area contributed by atoms with Gasteiger partial charge in [-0.05, 0) is 12.8 Å². The second kappa shape index (κ2) is 5.27. The summed E-state index contributed by atoms with van der Waals surface area (Å²) in [5.41, 5.74) is 0. The van der Waals surface area contributed by atoms with Crippen molar-refractivity contribution in [1.82, 2.24) is 9.97 Å². The maximum absolute atomic E-state index is 13.6. The van der Waals surface area contributed by atoms with E-state index in [1.165, 1.54) is 6.20 Å². The minimum Gasteiger partial charge on any atom is -0.391 e. The highest BCUT2D eigenvalue weighted by Crippen LogP contribution is 2.21. The number of aliphatic hydroxyl groups is 1. The molecule has 0 bridgehead atoms. The van der Waals surface area contributed by atoms with Gasteiger partial charge in [-0.1, -0.05) is 6.92 Å². The first-order chi connectivity index (χ1) is 8.20. The molecule has 0 aliphatic carbocycles. The van der Waals surface area contributed by atoms with Gasteiger partial charge in [0.15, 0.2) is 11.6 Å². The number of hydrogen-bond acceptors (Lipinski definition) is 5. The lowest BCUT2D eigenvalue weighted by molar-refractivity contribution is 0.198. The van der Waals surface area contributed by atoms with Gasteiger partial charge in [0.05, 0.1) is 12.3 Å². The van der Waals surface area contributed by atoms with Crippen molar-refractivity contribution in [3.63, 3.8) is 0 Å². The standard InChI is InChI=1S/C11H17FN4O/c1-2-4-13-11-14-6-9(12)10(15-11)16-5-3-8(17)7-16/h6,8,17H,2-5,7H2,1H3,(H,13,14,15). The molecule has 1 aliphatic rings. The van der Waals surface area contributed by atoms with Gasteiger partial charge in [-0.2, -0.15) is 4.98 Å². The van der Waals surface area contributed by atoms with E-state index in [2.05, 4.69) is 15.3 Å². The van der Waals surface area contributed by atoms with Gasteiger partial charge in [0.1, 0.15) is 0 Å². The summed E-state index contributed by atoms with van der Waals surface area (Å²) in [6.45, 7) is 3.85. The van der Waals surface area contributed by atoms with E-state index in [4.69, 9.17) is 0 Å². The summed E-state index contributed by atoms with van der Waals surface area (Å²) < 4.78 is 13.6. The summed E-state index contributed by atoms with van der Waals surface area (Å²) in [5.74, 6) is 0.265. The third kappa shape index (κ3) is 2.82. The number of halogens is 1. The molecule has 94 valence electrons. The van der Waals surface area contributed by atoms with Gasteiger partial charge < -0.3 is 15.3 Å². The predicted octanol–water partition coefficient (Wildman–Crippen LogP) is 1.01. The molecule has 1 saturated heterocycles. The normalized spacial score (nSPS) is 19.7. The quantitative estimate of drug-likeness (QED) is 0.822.